The summed E-state index contributed by atoms with van der Waals surface area (Å²) >= 11 is 0. The van der Waals surface area contributed by atoms with Crippen molar-refractivity contribution in [3.63, 3.8) is 0 Å². The second kappa shape index (κ2) is 9.89. The number of carbonyl (C=O) groups is 1. The van der Waals surface area contributed by atoms with Gasteiger partial charge in [0.15, 0.2) is 11.6 Å². The summed E-state index contributed by atoms with van der Waals surface area (Å²) in [6.45, 7) is 5.47. The lowest BCUT2D eigenvalue weighted by atomic mass is 9.82. The van der Waals surface area contributed by atoms with E-state index in [1.165, 1.54) is 31.4 Å². The molecule has 0 fully saturated rings. The molecule has 2 N–H and O–H groups in total. The Morgan fingerprint density at radius 1 is 1.09 bits per heavy atom. The van der Waals surface area contributed by atoms with Gasteiger partial charge in [-0.15, -0.1) is 0 Å². The fourth-order valence-corrected chi connectivity index (χ4v) is 3.59. The average Bonchev–Trinajstić information content (AvgIpc) is 2.76. The Morgan fingerprint density at radius 3 is 2.29 bits per heavy atom. The molecule has 3 aromatic rings. The summed E-state index contributed by atoms with van der Waals surface area (Å²) in [6.07, 6.45) is -4.42. The SMILES string of the molecule is COc1ccc(Cc2nc(C(=O)N[C@@H](c3ccc(C(F)(F)F)cc3)C(C)(C)C)cc(=O)[nH]2)cc1F. The molecule has 186 valence electrons. The molecule has 10 heteroatoms. The molecular weight excluding hydrogens is 466 g/mol. The van der Waals surface area contributed by atoms with E-state index in [2.05, 4.69) is 15.3 Å². The Morgan fingerprint density at radius 2 is 1.74 bits per heavy atom. The Kier molecular flexibility index (Phi) is 7.33. The minimum Gasteiger partial charge on any atom is -0.494 e. The molecule has 0 spiro atoms. The number of methoxy groups -OCH3 is 1. The van der Waals surface area contributed by atoms with Crippen molar-refractivity contribution in [2.45, 2.75) is 39.4 Å². The summed E-state index contributed by atoms with van der Waals surface area (Å²) in [5.41, 5.74) is -1.13. The number of aromatic nitrogens is 2. The Hall–Kier alpha value is -3.69. The molecule has 0 unspecified atom stereocenters. The van der Waals surface area contributed by atoms with E-state index in [1.807, 2.05) is 20.8 Å². The van der Waals surface area contributed by atoms with Gasteiger partial charge in [0.1, 0.15) is 11.5 Å². The molecule has 0 bridgehead atoms. The van der Waals surface area contributed by atoms with E-state index < -0.39 is 40.5 Å². The molecule has 3 rings (SSSR count). The number of nitrogens with one attached hydrogen (secondary N) is 2. The monoisotopic (exact) mass is 491 g/mol. The average molecular weight is 491 g/mol. The van der Waals surface area contributed by atoms with E-state index >= 15 is 0 Å². The zero-order valence-electron chi connectivity index (χ0n) is 19.6. The number of halogens is 4. The van der Waals surface area contributed by atoms with Gasteiger partial charge in [-0.05, 0) is 40.8 Å². The van der Waals surface area contributed by atoms with Gasteiger partial charge in [-0.25, -0.2) is 9.37 Å². The van der Waals surface area contributed by atoms with Crippen LogP contribution in [0.4, 0.5) is 17.6 Å². The highest BCUT2D eigenvalue weighted by molar-refractivity contribution is 5.92. The maximum Gasteiger partial charge on any atom is 0.416 e. The molecule has 1 aromatic heterocycles. The van der Waals surface area contributed by atoms with E-state index in [4.69, 9.17) is 4.74 Å². The van der Waals surface area contributed by atoms with Gasteiger partial charge in [-0.1, -0.05) is 39.0 Å². The number of hydrogen-bond acceptors (Lipinski definition) is 4. The maximum absolute atomic E-state index is 14.0. The number of ether oxygens (including phenoxy) is 1. The number of rotatable bonds is 6. The van der Waals surface area contributed by atoms with Gasteiger partial charge in [0, 0.05) is 12.5 Å². The molecule has 0 saturated carbocycles. The van der Waals surface area contributed by atoms with E-state index in [9.17, 15) is 27.2 Å². The Labute approximate surface area is 199 Å². The molecule has 0 radical (unpaired) electrons. The number of H-pyrrole nitrogens is 1. The van der Waals surface area contributed by atoms with Crippen molar-refractivity contribution in [1.82, 2.24) is 15.3 Å². The third-order valence-electron chi connectivity index (χ3n) is 5.32. The summed E-state index contributed by atoms with van der Waals surface area (Å²) < 4.78 is 57.7. The van der Waals surface area contributed by atoms with Crippen molar-refractivity contribution in [1.29, 1.82) is 0 Å². The minimum absolute atomic E-state index is 0.0544. The fraction of sp³-hybridized carbons (Fsp3) is 0.320. The largest absolute Gasteiger partial charge is 0.494 e. The molecule has 1 atom stereocenters. The van der Waals surface area contributed by atoms with Crippen molar-refractivity contribution in [3.8, 4) is 5.75 Å². The molecule has 0 aliphatic carbocycles. The van der Waals surface area contributed by atoms with Gasteiger partial charge in [-0.2, -0.15) is 13.2 Å². The molecule has 35 heavy (non-hydrogen) atoms. The summed E-state index contributed by atoms with van der Waals surface area (Å²) in [4.78, 5) is 31.9. The van der Waals surface area contributed by atoms with Crippen LogP contribution in [-0.2, 0) is 12.6 Å². The first-order chi connectivity index (χ1) is 16.3. The number of aromatic amines is 1. The summed E-state index contributed by atoms with van der Waals surface area (Å²) in [5.74, 6) is -1.03. The summed E-state index contributed by atoms with van der Waals surface area (Å²) in [7, 11) is 1.34. The predicted octanol–water partition coefficient (Wildman–Crippen LogP) is 5.04. The second-order valence-electron chi connectivity index (χ2n) is 9.12. The molecule has 0 aliphatic rings. The van der Waals surface area contributed by atoms with Gasteiger partial charge in [0.25, 0.3) is 11.5 Å². The van der Waals surface area contributed by atoms with Crippen LogP contribution in [0.1, 0.15) is 59.8 Å². The topological polar surface area (TPSA) is 84.1 Å². The van der Waals surface area contributed by atoms with Gasteiger partial charge in [0.2, 0.25) is 0 Å². The van der Waals surface area contributed by atoms with Crippen LogP contribution in [0.15, 0.2) is 53.3 Å². The van der Waals surface area contributed by atoms with E-state index in [0.29, 0.717) is 11.1 Å². The lowest BCUT2D eigenvalue weighted by Crippen LogP contribution is -2.37. The van der Waals surface area contributed by atoms with E-state index in [-0.39, 0.29) is 23.7 Å². The third kappa shape index (κ3) is 6.46. The number of alkyl halides is 3. The van der Waals surface area contributed by atoms with Crippen molar-refractivity contribution in [2.75, 3.05) is 7.11 Å². The van der Waals surface area contributed by atoms with Crippen LogP contribution in [-0.4, -0.2) is 23.0 Å². The van der Waals surface area contributed by atoms with Gasteiger partial charge >= 0.3 is 6.18 Å². The number of hydrogen-bond donors (Lipinski definition) is 2. The standard InChI is InChI=1S/C25H25F4N3O3/c1-24(2,3)22(15-6-8-16(9-7-15)25(27,28)29)32-23(34)18-13-21(33)31-20(30-18)12-14-5-10-19(35-4)17(26)11-14/h5-11,13,22H,12H2,1-4H3,(H,32,34)(H,30,31,33)/t22-/m0/s1. The highest BCUT2D eigenvalue weighted by atomic mass is 19.4. The first kappa shape index (κ1) is 25.9. The fourth-order valence-electron chi connectivity index (χ4n) is 3.59. The zero-order valence-corrected chi connectivity index (χ0v) is 19.6. The highest BCUT2D eigenvalue weighted by Gasteiger charge is 2.32. The number of amides is 1. The molecular formula is C25H25F4N3O3. The first-order valence-electron chi connectivity index (χ1n) is 10.7. The van der Waals surface area contributed by atoms with Crippen LogP contribution in [0.5, 0.6) is 5.75 Å². The van der Waals surface area contributed by atoms with Gasteiger partial charge in [0.05, 0.1) is 18.7 Å². The normalized spacial score (nSPS) is 12.8. The number of carbonyl (C=O) groups excluding carboxylic acids is 1. The predicted molar refractivity (Wildman–Crippen MR) is 122 cm³/mol. The van der Waals surface area contributed by atoms with Crippen molar-refractivity contribution >= 4 is 5.91 Å². The van der Waals surface area contributed by atoms with Crippen molar-refractivity contribution < 1.29 is 27.1 Å². The summed E-state index contributed by atoms with van der Waals surface area (Å²) in [5, 5.41) is 2.78. The van der Waals surface area contributed by atoms with Crippen LogP contribution in [0.25, 0.3) is 0 Å². The summed E-state index contributed by atoms with van der Waals surface area (Å²) in [6, 6.07) is 9.19. The molecule has 2 aromatic carbocycles. The van der Waals surface area contributed by atoms with Crippen molar-refractivity contribution in [3.05, 3.63) is 92.9 Å². The van der Waals surface area contributed by atoms with Gasteiger partial charge < -0.3 is 15.0 Å². The molecule has 1 heterocycles. The number of nitrogens with zero attached hydrogens (tertiary/aromatic N) is 1. The first-order valence-corrected chi connectivity index (χ1v) is 10.7. The minimum atomic E-state index is -4.48. The van der Waals surface area contributed by atoms with Crippen LogP contribution < -0.4 is 15.6 Å². The Balaban J connectivity index is 1.86. The molecule has 0 aliphatic heterocycles. The lowest BCUT2D eigenvalue weighted by molar-refractivity contribution is -0.137. The van der Waals surface area contributed by atoms with Crippen LogP contribution in [0.2, 0.25) is 0 Å². The third-order valence-corrected chi connectivity index (χ3v) is 5.32. The van der Waals surface area contributed by atoms with Gasteiger partial charge in [-0.3, -0.25) is 9.59 Å². The quantitative estimate of drug-likeness (QED) is 0.473. The maximum atomic E-state index is 14.0. The number of benzene rings is 2. The van der Waals surface area contributed by atoms with E-state index in [1.54, 1.807) is 6.07 Å². The molecule has 1 amide bonds. The molecule has 0 saturated heterocycles. The van der Waals surface area contributed by atoms with Crippen LogP contribution >= 0.6 is 0 Å². The highest BCUT2D eigenvalue weighted by Crippen LogP contribution is 2.35. The van der Waals surface area contributed by atoms with Crippen LogP contribution in [0, 0.1) is 11.2 Å². The Bertz CT molecular complexity index is 1260. The molecule has 6 nitrogen and oxygen atoms in total. The smallest absolute Gasteiger partial charge is 0.416 e. The lowest BCUT2D eigenvalue weighted by Gasteiger charge is -2.32. The zero-order chi connectivity index (χ0) is 26.0. The van der Waals surface area contributed by atoms with Crippen molar-refractivity contribution in [2.24, 2.45) is 5.41 Å². The van der Waals surface area contributed by atoms with E-state index in [0.717, 1.165) is 18.2 Å². The second-order valence-corrected chi connectivity index (χ2v) is 9.12. The van der Waals surface area contributed by atoms with Crippen LogP contribution in [0.3, 0.4) is 0 Å².